The molecular weight excluding hydrogens is 200 g/mol. The fourth-order valence-electron chi connectivity index (χ4n) is 3.16. The maximum atomic E-state index is 4.81. The summed E-state index contributed by atoms with van der Waals surface area (Å²) >= 11 is 4.81. The third-order valence-corrected chi connectivity index (χ3v) is 3.04. The van der Waals surface area contributed by atoms with Gasteiger partial charge in [-0.1, -0.05) is 54.9 Å². The minimum Gasteiger partial charge on any atom is -0.173 e. The number of rotatable bonds is 5. The van der Waals surface area contributed by atoms with Gasteiger partial charge in [0.25, 0.3) is 0 Å². The van der Waals surface area contributed by atoms with Crippen molar-refractivity contribution in [3.8, 4) is 0 Å². The highest BCUT2D eigenvalue weighted by molar-refractivity contribution is 7.81. The summed E-state index contributed by atoms with van der Waals surface area (Å²) in [7, 11) is 0. The fourth-order valence-corrected chi connectivity index (χ4v) is 3.81. The Hall–Kier alpha value is 0.350. The Morgan fingerprint density at radius 3 is 1.67 bits per heavy atom. The molecule has 0 saturated carbocycles. The van der Waals surface area contributed by atoms with Gasteiger partial charge in [0, 0.05) is 4.75 Å². The van der Waals surface area contributed by atoms with Gasteiger partial charge in [-0.2, -0.15) is 12.6 Å². The topological polar surface area (TPSA) is 0 Å². The predicted octanol–water partition coefficient (Wildman–Crippen LogP) is 5.33. The minimum atomic E-state index is 0.198. The lowest BCUT2D eigenvalue weighted by molar-refractivity contribution is 0.181. The Morgan fingerprint density at radius 2 is 1.33 bits per heavy atom. The molecule has 0 spiro atoms. The van der Waals surface area contributed by atoms with Crippen molar-refractivity contribution in [2.24, 2.45) is 10.8 Å². The molecule has 0 radical (unpaired) electrons. The van der Waals surface area contributed by atoms with E-state index in [2.05, 4.69) is 48.5 Å². The third-order valence-electron chi connectivity index (χ3n) is 2.66. The van der Waals surface area contributed by atoms with Gasteiger partial charge in [-0.15, -0.1) is 0 Å². The molecule has 0 aromatic carbocycles. The van der Waals surface area contributed by atoms with Crippen LogP contribution in [0.1, 0.15) is 74.1 Å². The van der Waals surface area contributed by atoms with E-state index in [4.69, 9.17) is 12.6 Å². The van der Waals surface area contributed by atoms with E-state index >= 15 is 0 Å². The molecule has 1 unspecified atom stereocenters. The molecule has 1 heteroatoms. The molecule has 92 valence electrons. The fraction of sp³-hybridized carbons (Fsp3) is 1.00. The quantitative estimate of drug-likeness (QED) is 0.607. The second kappa shape index (κ2) is 5.12. The highest BCUT2D eigenvalue weighted by Gasteiger charge is 2.32. The molecular formula is C14H30S. The average Bonchev–Trinajstić information content (AvgIpc) is 1.74. The van der Waals surface area contributed by atoms with E-state index in [9.17, 15) is 0 Å². The summed E-state index contributed by atoms with van der Waals surface area (Å²) in [4.78, 5) is 0. The summed E-state index contributed by atoms with van der Waals surface area (Å²) in [5.74, 6) is 0. The SMILES string of the molecule is CCCC(C)(S)CC(C)(C)CC(C)(C)C. The number of thiol groups is 1. The molecule has 0 amide bonds. The first-order chi connectivity index (χ1) is 6.47. The molecule has 0 aliphatic rings. The van der Waals surface area contributed by atoms with E-state index < -0.39 is 0 Å². The highest BCUT2D eigenvalue weighted by atomic mass is 32.1. The predicted molar refractivity (Wildman–Crippen MR) is 74.8 cm³/mol. The zero-order valence-electron chi connectivity index (χ0n) is 11.8. The minimum absolute atomic E-state index is 0.198. The van der Waals surface area contributed by atoms with Crippen LogP contribution in [0.4, 0.5) is 0 Å². The summed E-state index contributed by atoms with van der Waals surface area (Å²) in [6.07, 6.45) is 4.91. The summed E-state index contributed by atoms with van der Waals surface area (Å²) in [6, 6.07) is 0. The normalized spacial score (nSPS) is 17.6. The van der Waals surface area contributed by atoms with Crippen LogP contribution in [0.25, 0.3) is 0 Å². The molecule has 1 atom stereocenters. The van der Waals surface area contributed by atoms with Crippen LogP contribution in [-0.2, 0) is 0 Å². The Labute approximate surface area is 103 Å². The molecule has 0 aliphatic carbocycles. The molecule has 0 aliphatic heterocycles. The Bertz CT molecular complexity index is 184. The van der Waals surface area contributed by atoms with Gasteiger partial charge in [-0.3, -0.25) is 0 Å². The van der Waals surface area contributed by atoms with Gasteiger partial charge in [0.15, 0.2) is 0 Å². The molecule has 0 aromatic heterocycles. The van der Waals surface area contributed by atoms with Crippen molar-refractivity contribution in [1.29, 1.82) is 0 Å². The number of hydrogen-bond donors (Lipinski definition) is 1. The van der Waals surface area contributed by atoms with Crippen molar-refractivity contribution in [2.45, 2.75) is 78.9 Å². The van der Waals surface area contributed by atoms with Gasteiger partial charge in [0.05, 0.1) is 0 Å². The molecule has 15 heavy (non-hydrogen) atoms. The van der Waals surface area contributed by atoms with E-state index in [1.807, 2.05) is 0 Å². The van der Waals surface area contributed by atoms with Gasteiger partial charge in [-0.05, 0) is 30.1 Å². The van der Waals surface area contributed by atoms with Crippen molar-refractivity contribution < 1.29 is 0 Å². The molecule has 0 rings (SSSR count). The monoisotopic (exact) mass is 230 g/mol. The highest BCUT2D eigenvalue weighted by Crippen LogP contribution is 2.42. The Morgan fingerprint density at radius 1 is 0.867 bits per heavy atom. The standard InChI is InChI=1S/C14H30S/c1-8-9-14(7,15)11-13(5,6)10-12(2,3)4/h15H,8-11H2,1-7H3. The zero-order valence-corrected chi connectivity index (χ0v) is 12.7. The van der Waals surface area contributed by atoms with E-state index in [-0.39, 0.29) is 4.75 Å². The molecule has 0 aromatic rings. The molecule has 0 nitrogen and oxygen atoms in total. The van der Waals surface area contributed by atoms with Crippen molar-refractivity contribution in [3.63, 3.8) is 0 Å². The summed E-state index contributed by atoms with van der Waals surface area (Å²) in [5, 5.41) is 0. The Balaban J connectivity index is 4.36. The van der Waals surface area contributed by atoms with Crippen molar-refractivity contribution in [1.82, 2.24) is 0 Å². The summed E-state index contributed by atoms with van der Waals surface area (Å²) in [6.45, 7) is 16.2. The average molecular weight is 230 g/mol. The zero-order chi connectivity index (χ0) is 12.3. The number of hydrogen-bond acceptors (Lipinski definition) is 1. The van der Waals surface area contributed by atoms with Crippen LogP contribution in [0.2, 0.25) is 0 Å². The lowest BCUT2D eigenvalue weighted by Crippen LogP contribution is -2.29. The second-order valence-corrected chi connectivity index (χ2v) is 8.41. The van der Waals surface area contributed by atoms with E-state index in [0.29, 0.717) is 10.8 Å². The maximum absolute atomic E-state index is 4.81. The van der Waals surface area contributed by atoms with Crippen LogP contribution in [0.15, 0.2) is 0 Å². The smallest absolute Gasteiger partial charge is 0.0106 e. The van der Waals surface area contributed by atoms with Crippen molar-refractivity contribution in [3.05, 3.63) is 0 Å². The lowest BCUT2D eigenvalue weighted by atomic mass is 9.71. The van der Waals surface area contributed by atoms with Crippen LogP contribution in [0, 0.1) is 10.8 Å². The summed E-state index contributed by atoms with van der Waals surface area (Å²) in [5.41, 5.74) is 0.809. The van der Waals surface area contributed by atoms with Crippen LogP contribution in [0.3, 0.4) is 0 Å². The first-order valence-corrected chi connectivity index (χ1v) is 6.65. The van der Waals surface area contributed by atoms with Crippen molar-refractivity contribution >= 4 is 12.6 Å². The molecule has 0 heterocycles. The van der Waals surface area contributed by atoms with Gasteiger partial charge in [-0.25, -0.2) is 0 Å². The van der Waals surface area contributed by atoms with Crippen LogP contribution in [0.5, 0.6) is 0 Å². The second-order valence-electron chi connectivity index (χ2n) is 7.33. The molecule has 0 saturated heterocycles. The van der Waals surface area contributed by atoms with E-state index in [1.54, 1.807) is 0 Å². The van der Waals surface area contributed by atoms with Gasteiger partial charge < -0.3 is 0 Å². The van der Waals surface area contributed by atoms with Gasteiger partial charge in [0.2, 0.25) is 0 Å². The van der Waals surface area contributed by atoms with E-state index in [0.717, 1.165) is 0 Å². The maximum Gasteiger partial charge on any atom is 0.0106 e. The Kier molecular flexibility index (Phi) is 5.24. The van der Waals surface area contributed by atoms with Crippen LogP contribution < -0.4 is 0 Å². The molecule has 0 N–H and O–H groups in total. The molecule has 0 fully saturated rings. The molecule has 0 bridgehead atoms. The third kappa shape index (κ3) is 8.19. The van der Waals surface area contributed by atoms with Crippen LogP contribution in [-0.4, -0.2) is 4.75 Å². The largest absolute Gasteiger partial charge is 0.173 e. The van der Waals surface area contributed by atoms with Gasteiger partial charge >= 0.3 is 0 Å². The van der Waals surface area contributed by atoms with Gasteiger partial charge in [0.1, 0.15) is 0 Å². The first-order valence-electron chi connectivity index (χ1n) is 6.20. The van der Waals surface area contributed by atoms with Crippen LogP contribution >= 0.6 is 12.6 Å². The van der Waals surface area contributed by atoms with E-state index in [1.165, 1.54) is 25.7 Å². The van der Waals surface area contributed by atoms with Crippen molar-refractivity contribution in [2.75, 3.05) is 0 Å². The summed E-state index contributed by atoms with van der Waals surface area (Å²) < 4.78 is 0.198. The first kappa shape index (κ1) is 15.3. The lowest BCUT2D eigenvalue weighted by Gasteiger charge is -2.38.